The van der Waals surface area contributed by atoms with Crippen molar-refractivity contribution in [1.29, 1.82) is 0 Å². The fourth-order valence-electron chi connectivity index (χ4n) is 4.33. The maximum Gasteiger partial charge on any atom is 0.125 e. The monoisotopic (exact) mass is 445 g/mol. The van der Waals surface area contributed by atoms with Crippen LogP contribution in [-0.4, -0.2) is 33.9 Å². The molecule has 0 spiro atoms. The molecule has 0 saturated carbocycles. The van der Waals surface area contributed by atoms with Crippen LogP contribution in [0.1, 0.15) is 24.5 Å². The number of aliphatic hydroxyl groups is 1. The summed E-state index contributed by atoms with van der Waals surface area (Å²) in [5.41, 5.74) is 5.14. The number of aliphatic hydroxyl groups excluding tert-OH is 1. The van der Waals surface area contributed by atoms with Gasteiger partial charge in [0.25, 0.3) is 0 Å². The minimum absolute atomic E-state index is 0.215. The third-order valence-electron chi connectivity index (χ3n) is 6.04. The molecule has 2 atom stereocenters. The Bertz CT molecular complexity index is 1200. The van der Waals surface area contributed by atoms with Crippen molar-refractivity contribution >= 4 is 27.6 Å². The van der Waals surface area contributed by atoms with Gasteiger partial charge >= 0.3 is 0 Å². The molecule has 6 heteroatoms. The lowest BCUT2D eigenvalue weighted by molar-refractivity contribution is 0.182. The second-order valence-corrected chi connectivity index (χ2v) is 9.48. The summed E-state index contributed by atoms with van der Waals surface area (Å²) in [5, 5.41) is 11.6. The summed E-state index contributed by atoms with van der Waals surface area (Å²) in [6.07, 6.45) is 1.68. The van der Waals surface area contributed by atoms with Gasteiger partial charge in [-0.25, -0.2) is 8.93 Å². The number of nitrogens with zero attached hydrogens (tertiary/aromatic N) is 1. The van der Waals surface area contributed by atoms with Crippen LogP contribution < -0.4 is 9.62 Å². The number of anilines is 1. The Kier molecular flexibility index (Phi) is 6.08. The summed E-state index contributed by atoms with van der Waals surface area (Å²) in [4.78, 5) is 6.63. The first-order valence-corrected chi connectivity index (χ1v) is 12.2. The van der Waals surface area contributed by atoms with Crippen LogP contribution in [0.4, 0.5) is 5.69 Å². The Morgan fingerprint density at radius 3 is 2.50 bits per heavy atom. The summed E-state index contributed by atoms with van der Waals surface area (Å²) in [5.74, 6) is 0. The van der Waals surface area contributed by atoms with Crippen molar-refractivity contribution in [3.63, 3.8) is 0 Å². The number of aromatic nitrogens is 1. The van der Waals surface area contributed by atoms with E-state index in [9.17, 15) is 9.32 Å². The Morgan fingerprint density at radius 1 is 0.969 bits per heavy atom. The van der Waals surface area contributed by atoms with Gasteiger partial charge in [0.15, 0.2) is 0 Å². The number of hydrogen-bond acceptors (Lipinski definition) is 3. The molecule has 2 heterocycles. The zero-order valence-corrected chi connectivity index (χ0v) is 18.6. The number of para-hydroxylation sites is 1. The minimum atomic E-state index is -1.43. The summed E-state index contributed by atoms with van der Waals surface area (Å²) in [7, 11) is -1.43. The van der Waals surface area contributed by atoms with Gasteiger partial charge in [0.2, 0.25) is 0 Å². The van der Waals surface area contributed by atoms with E-state index in [0.717, 1.165) is 40.8 Å². The Hall–Kier alpha value is -2.93. The van der Waals surface area contributed by atoms with Crippen molar-refractivity contribution in [2.75, 3.05) is 24.5 Å². The molecular weight excluding hydrogens is 418 g/mol. The third-order valence-corrected chi connectivity index (χ3v) is 7.15. The second kappa shape index (κ2) is 9.28. The van der Waals surface area contributed by atoms with E-state index in [1.54, 1.807) is 0 Å². The van der Waals surface area contributed by atoms with E-state index < -0.39 is 17.1 Å². The van der Waals surface area contributed by atoms with E-state index in [4.69, 9.17) is 0 Å². The van der Waals surface area contributed by atoms with Crippen LogP contribution >= 0.6 is 0 Å². The number of rotatable bonds is 7. The van der Waals surface area contributed by atoms with Crippen molar-refractivity contribution in [3.05, 3.63) is 84.4 Å². The van der Waals surface area contributed by atoms with Crippen molar-refractivity contribution in [2.45, 2.75) is 23.8 Å². The first kappa shape index (κ1) is 20.9. The molecule has 0 aliphatic carbocycles. The van der Waals surface area contributed by atoms with Crippen LogP contribution in [0.25, 0.3) is 22.2 Å². The highest BCUT2D eigenvalue weighted by Gasteiger charge is 2.20. The Morgan fingerprint density at radius 2 is 1.72 bits per heavy atom. The van der Waals surface area contributed by atoms with E-state index >= 15 is 0 Å². The Labute approximate surface area is 190 Å². The summed E-state index contributed by atoms with van der Waals surface area (Å²) >= 11 is 0. The van der Waals surface area contributed by atoms with Gasteiger partial charge in [-0.3, -0.25) is 0 Å². The molecule has 3 aromatic carbocycles. The van der Waals surface area contributed by atoms with E-state index in [-0.39, 0.29) is 6.54 Å². The van der Waals surface area contributed by atoms with E-state index in [1.807, 2.05) is 54.6 Å². The minimum Gasteiger partial charge on any atom is -0.387 e. The highest BCUT2D eigenvalue weighted by molar-refractivity contribution is 7.83. The fraction of sp³-hybridized carbons (Fsp3) is 0.231. The predicted molar refractivity (Wildman–Crippen MR) is 131 cm³/mol. The molecule has 2 unspecified atom stereocenters. The highest BCUT2D eigenvalue weighted by Crippen LogP contribution is 2.35. The van der Waals surface area contributed by atoms with Crippen molar-refractivity contribution in [2.24, 2.45) is 0 Å². The van der Waals surface area contributed by atoms with E-state index in [1.165, 1.54) is 18.5 Å². The number of fused-ring (bicyclic) bond motifs is 1. The lowest BCUT2D eigenvalue weighted by Crippen LogP contribution is -2.24. The van der Waals surface area contributed by atoms with Gasteiger partial charge in [-0.1, -0.05) is 48.5 Å². The second-order valence-electron chi connectivity index (χ2n) is 8.19. The molecule has 5 rings (SSSR count). The number of H-pyrrole nitrogens is 1. The van der Waals surface area contributed by atoms with Gasteiger partial charge in [-0.15, -0.1) is 0 Å². The molecule has 0 bridgehead atoms. The molecule has 0 amide bonds. The molecule has 0 radical (unpaired) electrons. The maximum absolute atomic E-state index is 13.0. The third kappa shape index (κ3) is 4.35. The van der Waals surface area contributed by atoms with Gasteiger partial charge in [0.05, 0.1) is 11.0 Å². The smallest absolute Gasteiger partial charge is 0.125 e. The first-order chi connectivity index (χ1) is 15.7. The van der Waals surface area contributed by atoms with Crippen LogP contribution in [0.15, 0.2) is 83.8 Å². The van der Waals surface area contributed by atoms with Crippen LogP contribution in [0, 0.1) is 0 Å². The average molecular weight is 446 g/mol. The van der Waals surface area contributed by atoms with Crippen LogP contribution in [0.3, 0.4) is 0 Å². The lowest BCUT2D eigenvalue weighted by atomic mass is 10.1. The molecular formula is C26H27N3O2S. The molecule has 1 aromatic heterocycles. The number of nitrogens with one attached hydrogen (secondary N) is 2. The van der Waals surface area contributed by atoms with Gasteiger partial charge in [-0.05, 0) is 48.7 Å². The zero-order valence-electron chi connectivity index (χ0n) is 17.8. The molecule has 4 aromatic rings. The normalized spacial score (nSPS) is 15.8. The van der Waals surface area contributed by atoms with Crippen LogP contribution in [0.2, 0.25) is 0 Å². The molecule has 3 N–H and O–H groups in total. The number of hydrogen-bond donors (Lipinski definition) is 3. The van der Waals surface area contributed by atoms with Gasteiger partial charge in [0, 0.05) is 47.5 Å². The molecule has 1 aliphatic heterocycles. The van der Waals surface area contributed by atoms with Crippen LogP contribution in [-0.2, 0) is 11.0 Å². The standard InChI is InChI=1S/C26H27N3O2S/c30-26(19-8-2-1-3-9-19)18-27-32(31)21-12-13-25(29-14-6-7-15-29)22(17-21)24-16-20-10-4-5-11-23(20)28-24/h1-5,8-13,16-17,26-28,30H,6-7,14-15,18H2. The van der Waals surface area contributed by atoms with Gasteiger partial charge in [-0.2, -0.15) is 0 Å². The molecule has 1 aliphatic rings. The quantitative estimate of drug-likeness (QED) is 0.383. The largest absolute Gasteiger partial charge is 0.387 e. The molecule has 1 saturated heterocycles. The fourth-order valence-corrected chi connectivity index (χ4v) is 5.22. The van der Waals surface area contributed by atoms with Crippen molar-refractivity contribution in [3.8, 4) is 11.3 Å². The number of benzene rings is 3. The average Bonchev–Trinajstić information content (AvgIpc) is 3.52. The first-order valence-electron chi connectivity index (χ1n) is 11.0. The topological polar surface area (TPSA) is 68.4 Å². The van der Waals surface area contributed by atoms with Crippen LogP contribution in [0.5, 0.6) is 0 Å². The lowest BCUT2D eigenvalue weighted by Gasteiger charge is -2.22. The van der Waals surface area contributed by atoms with Gasteiger partial charge < -0.3 is 15.0 Å². The predicted octanol–water partition coefficient (Wildman–Crippen LogP) is 4.78. The highest BCUT2D eigenvalue weighted by atomic mass is 32.2. The molecule has 32 heavy (non-hydrogen) atoms. The molecule has 1 fully saturated rings. The molecule has 164 valence electrons. The zero-order chi connectivity index (χ0) is 21.9. The summed E-state index contributed by atoms with van der Waals surface area (Å²) in [6, 6.07) is 25.8. The van der Waals surface area contributed by atoms with E-state index in [0.29, 0.717) is 4.90 Å². The van der Waals surface area contributed by atoms with Crippen molar-refractivity contribution < 1.29 is 9.32 Å². The number of aromatic amines is 1. The molecule has 5 nitrogen and oxygen atoms in total. The maximum atomic E-state index is 13.0. The summed E-state index contributed by atoms with van der Waals surface area (Å²) < 4.78 is 16.0. The van der Waals surface area contributed by atoms with Gasteiger partial charge in [0.1, 0.15) is 11.0 Å². The Balaban J connectivity index is 1.43. The SMILES string of the molecule is O=S(NCC(O)c1ccccc1)c1ccc(N2CCCC2)c(-c2cc3ccccc3[nH]2)c1. The van der Waals surface area contributed by atoms with Crippen molar-refractivity contribution in [1.82, 2.24) is 9.71 Å². The summed E-state index contributed by atoms with van der Waals surface area (Å²) in [6.45, 7) is 2.29. The van der Waals surface area contributed by atoms with E-state index in [2.05, 4.69) is 38.9 Å².